The molecule has 1 aliphatic carbocycles. The third kappa shape index (κ3) is 1.79. The molecule has 1 aliphatic heterocycles. The molecule has 2 aliphatic rings. The highest BCUT2D eigenvalue weighted by Gasteiger charge is 2.58. The standard InChI is InChI=1S/C13H22N4/c1-8(2)16-5-10-11(6-16)12(10)13-14-7-17(15-13)9(3)4/h7-12H,5-6H2,1-4H3. The van der Waals surface area contributed by atoms with E-state index in [9.17, 15) is 0 Å². The molecule has 0 radical (unpaired) electrons. The first-order valence-corrected chi connectivity index (χ1v) is 6.73. The molecule has 1 saturated carbocycles. The Bertz CT molecular complexity index is 397. The fourth-order valence-corrected chi connectivity index (χ4v) is 3.05. The molecular formula is C13H22N4. The van der Waals surface area contributed by atoms with Gasteiger partial charge < -0.3 is 4.90 Å². The van der Waals surface area contributed by atoms with Crippen LogP contribution in [-0.4, -0.2) is 38.8 Å². The van der Waals surface area contributed by atoms with Crippen LogP contribution in [0, 0.1) is 11.8 Å². The van der Waals surface area contributed by atoms with Crippen molar-refractivity contribution in [1.29, 1.82) is 0 Å². The van der Waals surface area contributed by atoms with E-state index in [0.717, 1.165) is 17.7 Å². The Kier molecular flexibility index (Phi) is 2.51. The number of hydrogen-bond donors (Lipinski definition) is 0. The van der Waals surface area contributed by atoms with Crippen LogP contribution >= 0.6 is 0 Å². The van der Waals surface area contributed by atoms with Gasteiger partial charge in [-0.1, -0.05) is 0 Å². The maximum absolute atomic E-state index is 4.61. The molecule has 1 saturated heterocycles. The molecule has 3 rings (SSSR count). The lowest BCUT2D eigenvalue weighted by Crippen LogP contribution is -2.31. The highest BCUT2D eigenvalue weighted by molar-refractivity contribution is 5.19. The van der Waals surface area contributed by atoms with Crippen LogP contribution < -0.4 is 0 Å². The molecule has 2 atom stereocenters. The maximum atomic E-state index is 4.61. The average Bonchev–Trinajstić information content (AvgIpc) is 2.75. The Balaban J connectivity index is 1.66. The topological polar surface area (TPSA) is 34.0 Å². The summed E-state index contributed by atoms with van der Waals surface area (Å²) < 4.78 is 1.98. The fraction of sp³-hybridized carbons (Fsp3) is 0.846. The molecule has 4 nitrogen and oxygen atoms in total. The quantitative estimate of drug-likeness (QED) is 0.801. The van der Waals surface area contributed by atoms with Gasteiger partial charge in [0.1, 0.15) is 6.33 Å². The zero-order chi connectivity index (χ0) is 12.2. The molecule has 2 heterocycles. The Morgan fingerprint density at radius 2 is 1.76 bits per heavy atom. The molecule has 0 amide bonds. The van der Waals surface area contributed by atoms with Gasteiger partial charge in [0.05, 0.1) is 0 Å². The molecule has 0 aromatic carbocycles. The lowest BCUT2D eigenvalue weighted by atomic mass is 10.2. The van der Waals surface area contributed by atoms with E-state index in [4.69, 9.17) is 0 Å². The predicted molar refractivity (Wildman–Crippen MR) is 66.8 cm³/mol. The van der Waals surface area contributed by atoms with E-state index in [2.05, 4.69) is 42.7 Å². The smallest absolute Gasteiger partial charge is 0.154 e. The summed E-state index contributed by atoms with van der Waals surface area (Å²) >= 11 is 0. The fourth-order valence-electron chi connectivity index (χ4n) is 3.05. The summed E-state index contributed by atoms with van der Waals surface area (Å²) in [6.45, 7) is 11.3. The highest BCUT2D eigenvalue weighted by Crippen LogP contribution is 2.57. The van der Waals surface area contributed by atoms with Crippen molar-refractivity contribution >= 4 is 0 Å². The number of piperidine rings is 1. The summed E-state index contributed by atoms with van der Waals surface area (Å²) in [7, 11) is 0. The third-order valence-electron chi connectivity index (χ3n) is 4.31. The number of rotatable bonds is 3. The first-order valence-electron chi connectivity index (χ1n) is 6.73. The summed E-state index contributed by atoms with van der Waals surface area (Å²) in [5, 5.41) is 4.61. The van der Waals surface area contributed by atoms with Gasteiger partial charge in [0, 0.05) is 31.1 Å². The Morgan fingerprint density at radius 1 is 1.12 bits per heavy atom. The zero-order valence-corrected chi connectivity index (χ0v) is 11.2. The van der Waals surface area contributed by atoms with E-state index in [1.807, 2.05) is 11.0 Å². The number of likely N-dealkylation sites (tertiary alicyclic amines) is 1. The van der Waals surface area contributed by atoms with Crippen molar-refractivity contribution < 1.29 is 0 Å². The zero-order valence-electron chi connectivity index (χ0n) is 11.2. The molecular weight excluding hydrogens is 212 g/mol. The van der Waals surface area contributed by atoms with E-state index in [1.54, 1.807) is 0 Å². The van der Waals surface area contributed by atoms with Crippen molar-refractivity contribution in [3.8, 4) is 0 Å². The molecule has 4 heteroatoms. The number of hydrogen-bond acceptors (Lipinski definition) is 3. The largest absolute Gasteiger partial charge is 0.300 e. The Hall–Kier alpha value is -0.900. The van der Waals surface area contributed by atoms with Crippen molar-refractivity contribution in [2.24, 2.45) is 11.8 Å². The molecule has 2 fully saturated rings. The van der Waals surface area contributed by atoms with Crippen molar-refractivity contribution in [1.82, 2.24) is 19.7 Å². The van der Waals surface area contributed by atoms with Crippen LogP contribution in [0.4, 0.5) is 0 Å². The lowest BCUT2D eigenvalue weighted by molar-refractivity contribution is 0.242. The lowest BCUT2D eigenvalue weighted by Gasteiger charge is -2.22. The van der Waals surface area contributed by atoms with Gasteiger partial charge >= 0.3 is 0 Å². The summed E-state index contributed by atoms with van der Waals surface area (Å²) in [6.07, 6.45) is 1.88. The second-order valence-corrected chi connectivity index (χ2v) is 6.08. The van der Waals surface area contributed by atoms with E-state index in [0.29, 0.717) is 18.0 Å². The van der Waals surface area contributed by atoms with Gasteiger partial charge in [-0.05, 0) is 39.5 Å². The van der Waals surface area contributed by atoms with Gasteiger partial charge in [-0.15, -0.1) is 0 Å². The first-order chi connectivity index (χ1) is 8.08. The molecule has 1 aromatic heterocycles. The van der Waals surface area contributed by atoms with E-state index in [1.165, 1.54) is 13.1 Å². The van der Waals surface area contributed by atoms with Gasteiger partial charge in [0.25, 0.3) is 0 Å². The summed E-state index contributed by atoms with van der Waals surface area (Å²) in [5.41, 5.74) is 0. The van der Waals surface area contributed by atoms with Crippen molar-refractivity contribution in [3.05, 3.63) is 12.2 Å². The third-order valence-corrected chi connectivity index (χ3v) is 4.31. The van der Waals surface area contributed by atoms with Crippen LogP contribution in [0.5, 0.6) is 0 Å². The average molecular weight is 234 g/mol. The Labute approximate surface area is 103 Å². The molecule has 17 heavy (non-hydrogen) atoms. The monoisotopic (exact) mass is 234 g/mol. The number of aromatic nitrogens is 3. The summed E-state index contributed by atoms with van der Waals surface area (Å²) in [6, 6.07) is 1.10. The highest BCUT2D eigenvalue weighted by atomic mass is 15.3. The minimum atomic E-state index is 0.419. The van der Waals surface area contributed by atoms with Crippen LogP contribution in [0.25, 0.3) is 0 Å². The molecule has 2 unspecified atom stereocenters. The molecule has 94 valence electrons. The maximum Gasteiger partial charge on any atom is 0.154 e. The van der Waals surface area contributed by atoms with Gasteiger partial charge in [-0.2, -0.15) is 5.10 Å². The van der Waals surface area contributed by atoms with Gasteiger partial charge in [0.15, 0.2) is 5.82 Å². The van der Waals surface area contributed by atoms with Crippen LogP contribution in [0.2, 0.25) is 0 Å². The number of fused-ring (bicyclic) bond motifs is 1. The minimum Gasteiger partial charge on any atom is -0.300 e. The SMILES string of the molecule is CC(C)N1CC2C(C1)C2c1ncn(C(C)C)n1. The molecule has 0 bridgehead atoms. The van der Waals surface area contributed by atoms with Gasteiger partial charge in [-0.3, -0.25) is 4.68 Å². The van der Waals surface area contributed by atoms with Crippen molar-refractivity contribution in [3.63, 3.8) is 0 Å². The minimum absolute atomic E-state index is 0.419. The van der Waals surface area contributed by atoms with E-state index in [-0.39, 0.29) is 0 Å². The van der Waals surface area contributed by atoms with Crippen LogP contribution in [0.1, 0.15) is 45.5 Å². The molecule has 0 N–H and O–H groups in total. The first kappa shape index (κ1) is 11.2. The predicted octanol–water partition coefficient (Wildman–Crippen LogP) is 1.91. The van der Waals surface area contributed by atoms with Crippen molar-refractivity contribution in [2.75, 3.05) is 13.1 Å². The van der Waals surface area contributed by atoms with E-state index >= 15 is 0 Å². The van der Waals surface area contributed by atoms with E-state index < -0.39 is 0 Å². The van der Waals surface area contributed by atoms with Gasteiger partial charge in [0.2, 0.25) is 0 Å². The second-order valence-electron chi connectivity index (χ2n) is 6.08. The normalized spacial score (nSPS) is 32.5. The van der Waals surface area contributed by atoms with Gasteiger partial charge in [-0.25, -0.2) is 4.98 Å². The van der Waals surface area contributed by atoms with Crippen LogP contribution in [0.15, 0.2) is 6.33 Å². The second kappa shape index (κ2) is 3.80. The number of nitrogens with zero attached hydrogens (tertiary/aromatic N) is 4. The molecule has 1 aromatic rings. The summed E-state index contributed by atoms with van der Waals surface area (Å²) in [4.78, 5) is 7.06. The summed E-state index contributed by atoms with van der Waals surface area (Å²) in [5.74, 6) is 3.36. The molecule has 0 spiro atoms. The Morgan fingerprint density at radius 3 is 2.24 bits per heavy atom. The van der Waals surface area contributed by atoms with Crippen LogP contribution in [-0.2, 0) is 0 Å². The van der Waals surface area contributed by atoms with Crippen LogP contribution in [0.3, 0.4) is 0 Å². The van der Waals surface area contributed by atoms with Crippen molar-refractivity contribution in [2.45, 2.75) is 45.7 Å².